The van der Waals surface area contributed by atoms with Crippen LogP contribution in [0.4, 0.5) is 10.1 Å². The number of hydrogen-bond acceptors (Lipinski definition) is 3. The van der Waals surface area contributed by atoms with Crippen LogP contribution in [0.1, 0.15) is 37.5 Å². The molecule has 0 saturated carbocycles. The molecule has 2 atom stereocenters. The zero-order valence-electron chi connectivity index (χ0n) is 11.4. The Bertz CT molecular complexity index is 405. The van der Waals surface area contributed by atoms with Gasteiger partial charge in [0.2, 0.25) is 0 Å². The van der Waals surface area contributed by atoms with E-state index in [1.54, 1.807) is 26.8 Å². The third kappa shape index (κ3) is 3.68. The number of aryl methyl sites for hydroxylation is 1. The molecule has 18 heavy (non-hydrogen) atoms. The molecule has 0 aliphatic carbocycles. The summed E-state index contributed by atoms with van der Waals surface area (Å²) >= 11 is 0. The largest absolute Gasteiger partial charge is 0.393 e. The first-order valence-electron chi connectivity index (χ1n) is 6.20. The van der Waals surface area contributed by atoms with E-state index in [2.05, 4.69) is 0 Å². The van der Waals surface area contributed by atoms with Crippen molar-refractivity contribution in [1.29, 1.82) is 0 Å². The third-order valence-electron chi connectivity index (χ3n) is 3.05. The summed E-state index contributed by atoms with van der Waals surface area (Å²) in [4.78, 5) is 1.93. The maximum atomic E-state index is 13.5. The predicted molar refractivity (Wildman–Crippen MR) is 71.3 cm³/mol. The molecule has 0 spiro atoms. The lowest BCUT2D eigenvalue weighted by Gasteiger charge is -2.25. The molecule has 1 aromatic rings. The summed E-state index contributed by atoms with van der Waals surface area (Å²) in [6.45, 7) is 5.71. The molecule has 0 aliphatic heterocycles. The van der Waals surface area contributed by atoms with Gasteiger partial charge in [-0.3, -0.25) is 0 Å². The number of benzene rings is 1. The van der Waals surface area contributed by atoms with E-state index >= 15 is 0 Å². The highest BCUT2D eigenvalue weighted by Crippen LogP contribution is 2.28. The van der Waals surface area contributed by atoms with Gasteiger partial charge < -0.3 is 15.1 Å². The highest BCUT2D eigenvalue weighted by Gasteiger charge is 2.15. The Morgan fingerprint density at radius 3 is 2.39 bits per heavy atom. The fraction of sp³-hybridized carbons (Fsp3) is 0.571. The number of aliphatic hydroxyl groups excluding tert-OH is 2. The van der Waals surface area contributed by atoms with Gasteiger partial charge in [-0.05, 0) is 44.9 Å². The Morgan fingerprint density at radius 2 is 1.89 bits per heavy atom. The standard InChI is InChI=1S/C14H22FNO2/c1-9-7-14(16(4)6-5-10(2)17)12(11(3)18)8-13(9)15/h7-8,10-11,17-18H,5-6H2,1-4H3. The summed E-state index contributed by atoms with van der Waals surface area (Å²) in [6.07, 6.45) is -0.459. The second kappa shape index (κ2) is 6.16. The number of hydrogen-bond donors (Lipinski definition) is 2. The van der Waals surface area contributed by atoms with E-state index in [1.165, 1.54) is 6.07 Å². The van der Waals surface area contributed by atoms with E-state index in [1.807, 2.05) is 11.9 Å². The van der Waals surface area contributed by atoms with Crippen molar-refractivity contribution in [2.45, 2.75) is 39.4 Å². The van der Waals surface area contributed by atoms with Gasteiger partial charge in [-0.2, -0.15) is 0 Å². The molecule has 0 aromatic heterocycles. The fourth-order valence-corrected chi connectivity index (χ4v) is 1.85. The van der Waals surface area contributed by atoms with Crippen molar-refractivity contribution in [2.24, 2.45) is 0 Å². The second-order valence-electron chi connectivity index (χ2n) is 4.90. The minimum absolute atomic E-state index is 0.307. The molecule has 4 heteroatoms. The quantitative estimate of drug-likeness (QED) is 0.849. The van der Waals surface area contributed by atoms with Gasteiger partial charge in [0.05, 0.1) is 12.2 Å². The van der Waals surface area contributed by atoms with Crippen LogP contribution in [0.3, 0.4) is 0 Å². The van der Waals surface area contributed by atoms with E-state index < -0.39 is 6.10 Å². The van der Waals surface area contributed by atoms with Crippen LogP contribution in [0, 0.1) is 12.7 Å². The number of nitrogens with zero attached hydrogens (tertiary/aromatic N) is 1. The van der Waals surface area contributed by atoms with Crippen molar-refractivity contribution in [3.63, 3.8) is 0 Å². The maximum Gasteiger partial charge on any atom is 0.126 e. The number of halogens is 1. The zero-order valence-corrected chi connectivity index (χ0v) is 11.4. The normalized spacial score (nSPS) is 14.4. The molecule has 102 valence electrons. The molecule has 0 amide bonds. The van der Waals surface area contributed by atoms with Gasteiger partial charge in [0.15, 0.2) is 0 Å². The SMILES string of the molecule is Cc1cc(N(C)CCC(C)O)c(C(C)O)cc1F. The lowest BCUT2D eigenvalue weighted by molar-refractivity contribution is 0.186. The molecule has 3 nitrogen and oxygen atoms in total. The molecule has 0 heterocycles. The highest BCUT2D eigenvalue weighted by molar-refractivity contribution is 5.56. The molecule has 1 aromatic carbocycles. The molecule has 0 aliphatic rings. The van der Waals surface area contributed by atoms with Crippen LogP contribution in [-0.4, -0.2) is 29.9 Å². The Balaban J connectivity index is 3.02. The number of aliphatic hydroxyl groups is 2. The summed E-state index contributed by atoms with van der Waals surface area (Å²) in [5, 5.41) is 19.0. The minimum Gasteiger partial charge on any atom is -0.393 e. The van der Waals surface area contributed by atoms with E-state index in [0.29, 0.717) is 24.1 Å². The minimum atomic E-state index is -0.718. The van der Waals surface area contributed by atoms with Gasteiger partial charge >= 0.3 is 0 Å². The topological polar surface area (TPSA) is 43.7 Å². The van der Waals surface area contributed by atoms with E-state index in [4.69, 9.17) is 0 Å². The summed E-state index contributed by atoms with van der Waals surface area (Å²) in [7, 11) is 1.88. The van der Waals surface area contributed by atoms with Gasteiger partial charge in [-0.15, -0.1) is 0 Å². The van der Waals surface area contributed by atoms with Crippen molar-refractivity contribution in [1.82, 2.24) is 0 Å². The lowest BCUT2D eigenvalue weighted by atomic mass is 10.0. The van der Waals surface area contributed by atoms with Crippen molar-refractivity contribution in [2.75, 3.05) is 18.5 Å². The van der Waals surface area contributed by atoms with Crippen molar-refractivity contribution < 1.29 is 14.6 Å². The van der Waals surface area contributed by atoms with Crippen LogP contribution in [0.25, 0.3) is 0 Å². The Labute approximate surface area is 108 Å². The molecule has 2 N–H and O–H groups in total. The van der Waals surface area contributed by atoms with E-state index in [0.717, 1.165) is 5.69 Å². The highest BCUT2D eigenvalue weighted by atomic mass is 19.1. The van der Waals surface area contributed by atoms with Crippen molar-refractivity contribution in [3.8, 4) is 0 Å². The van der Waals surface area contributed by atoms with Gasteiger partial charge in [-0.25, -0.2) is 4.39 Å². The molecule has 0 saturated heterocycles. The van der Waals surface area contributed by atoms with Gasteiger partial charge in [0.25, 0.3) is 0 Å². The summed E-state index contributed by atoms with van der Waals surface area (Å²) in [6, 6.07) is 3.12. The maximum absolute atomic E-state index is 13.5. The average molecular weight is 255 g/mol. The first kappa shape index (κ1) is 14.9. The monoisotopic (exact) mass is 255 g/mol. The number of anilines is 1. The van der Waals surface area contributed by atoms with Gasteiger partial charge in [0, 0.05) is 24.8 Å². The van der Waals surface area contributed by atoms with Crippen LogP contribution >= 0.6 is 0 Å². The molecule has 2 unspecified atom stereocenters. The average Bonchev–Trinajstić information content (AvgIpc) is 2.28. The summed E-state index contributed by atoms with van der Waals surface area (Å²) < 4.78 is 13.5. The number of rotatable bonds is 5. The lowest BCUT2D eigenvalue weighted by Crippen LogP contribution is -2.23. The third-order valence-corrected chi connectivity index (χ3v) is 3.05. The Hall–Kier alpha value is -1.13. The molecular formula is C14H22FNO2. The van der Waals surface area contributed by atoms with Crippen molar-refractivity contribution in [3.05, 3.63) is 29.1 Å². The summed E-state index contributed by atoms with van der Waals surface area (Å²) in [5.41, 5.74) is 1.94. The smallest absolute Gasteiger partial charge is 0.126 e. The van der Waals surface area contributed by atoms with Crippen LogP contribution in [0.5, 0.6) is 0 Å². The van der Waals surface area contributed by atoms with Gasteiger partial charge in [-0.1, -0.05) is 0 Å². The fourth-order valence-electron chi connectivity index (χ4n) is 1.85. The molecular weight excluding hydrogens is 233 g/mol. The molecule has 0 fully saturated rings. The van der Waals surface area contributed by atoms with Gasteiger partial charge in [0.1, 0.15) is 5.82 Å². The van der Waals surface area contributed by atoms with E-state index in [9.17, 15) is 14.6 Å². The first-order valence-corrected chi connectivity index (χ1v) is 6.20. The van der Waals surface area contributed by atoms with Crippen LogP contribution in [-0.2, 0) is 0 Å². The second-order valence-corrected chi connectivity index (χ2v) is 4.90. The van der Waals surface area contributed by atoms with Crippen LogP contribution in [0.2, 0.25) is 0 Å². The summed E-state index contributed by atoms with van der Waals surface area (Å²) in [5.74, 6) is -0.307. The van der Waals surface area contributed by atoms with E-state index in [-0.39, 0.29) is 11.9 Å². The Kier molecular flexibility index (Phi) is 5.11. The molecule has 1 rings (SSSR count). The molecule has 0 bridgehead atoms. The van der Waals surface area contributed by atoms with Crippen LogP contribution in [0.15, 0.2) is 12.1 Å². The molecule has 0 radical (unpaired) electrons. The van der Waals surface area contributed by atoms with Crippen LogP contribution < -0.4 is 4.90 Å². The first-order chi connectivity index (χ1) is 8.32. The Morgan fingerprint density at radius 1 is 1.28 bits per heavy atom. The zero-order chi connectivity index (χ0) is 13.9. The van der Waals surface area contributed by atoms with Crippen molar-refractivity contribution >= 4 is 5.69 Å². The predicted octanol–water partition coefficient (Wildman–Crippen LogP) is 2.39.